The van der Waals surface area contributed by atoms with Crippen LogP contribution in [0, 0.1) is 11.6 Å². The third-order valence-electron chi connectivity index (χ3n) is 2.01. The number of carbonyl (C=O) groups excluding carboxylic acids is 1. The Labute approximate surface area is 87.4 Å². The highest BCUT2D eigenvalue weighted by atomic mass is 19.2. The normalized spacial score (nSPS) is 10.0. The number of benzene rings is 1. The van der Waals surface area contributed by atoms with Gasteiger partial charge < -0.3 is 0 Å². The molecule has 0 unspecified atom stereocenters. The summed E-state index contributed by atoms with van der Waals surface area (Å²) in [6.45, 7) is 3.50. The summed E-state index contributed by atoms with van der Waals surface area (Å²) in [5.41, 5.74) is 0.503. The molecule has 0 aliphatic heterocycles. The zero-order valence-electron chi connectivity index (χ0n) is 8.30. The summed E-state index contributed by atoms with van der Waals surface area (Å²) in [7, 11) is 0. The van der Waals surface area contributed by atoms with E-state index in [0.717, 1.165) is 12.1 Å². The summed E-state index contributed by atoms with van der Waals surface area (Å²) in [5.74, 6) is -1.80. The second-order valence-corrected chi connectivity index (χ2v) is 3.29. The Balaban J connectivity index is 2.60. The summed E-state index contributed by atoms with van der Waals surface area (Å²) in [6.07, 6.45) is 2.80. The largest absolute Gasteiger partial charge is 0.299 e. The summed E-state index contributed by atoms with van der Waals surface area (Å²) in [4.78, 5) is 11.3. The lowest BCUT2D eigenvalue weighted by atomic mass is 10.1. The van der Waals surface area contributed by atoms with Crippen LogP contribution in [0.1, 0.15) is 18.4 Å². The Morgan fingerprint density at radius 3 is 2.67 bits per heavy atom. The van der Waals surface area contributed by atoms with E-state index in [1.54, 1.807) is 6.08 Å². The van der Waals surface area contributed by atoms with Crippen molar-refractivity contribution < 1.29 is 13.6 Å². The molecule has 0 radical (unpaired) electrons. The second kappa shape index (κ2) is 5.39. The predicted molar refractivity (Wildman–Crippen MR) is 54.5 cm³/mol. The fourth-order valence-electron chi connectivity index (χ4n) is 1.23. The first kappa shape index (κ1) is 11.6. The summed E-state index contributed by atoms with van der Waals surface area (Å²) < 4.78 is 25.3. The van der Waals surface area contributed by atoms with E-state index in [1.807, 2.05) is 0 Å². The number of allylic oxidation sites excluding steroid dienone is 1. The van der Waals surface area contributed by atoms with Crippen LogP contribution in [0.5, 0.6) is 0 Å². The van der Waals surface area contributed by atoms with Crippen molar-refractivity contribution in [2.45, 2.75) is 19.3 Å². The van der Waals surface area contributed by atoms with Gasteiger partial charge in [0.1, 0.15) is 5.78 Å². The molecule has 0 fully saturated rings. The van der Waals surface area contributed by atoms with E-state index in [1.165, 1.54) is 6.07 Å². The molecular formula is C12H12F2O. The summed E-state index contributed by atoms with van der Waals surface area (Å²) >= 11 is 0. The Hall–Kier alpha value is -1.51. The molecular weight excluding hydrogens is 198 g/mol. The molecule has 1 rings (SSSR count). The molecule has 0 saturated heterocycles. The Morgan fingerprint density at radius 1 is 1.33 bits per heavy atom. The first-order chi connectivity index (χ1) is 7.13. The van der Waals surface area contributed by atoms with Crippen LogP contribution in [0.4, 0.5) is 8.78 Å². The predicted octanol–water partition coefficient (Wildman–Crippen LogP) is 3.04. The highest BCUT2D eigenvalue weighted by molar-refractivity contribution is 5.80. The molecule has 0 atom stereocenters. The van der Waals surface area contributed by atoms with Crippen molar-refractivity contribution in [2.24, 2.45) is 0 Å². The van der Waals surface area contributed by atoms with Crippen LogP contribution in [0.25, 0.3) is 0 Å². The number of halogens is 2. The molecule has 1 nitrogen and oxygen atoms in total. The lowest BCUT2D eigenvalue weighted by Gasteiger charge is -2.00. The summed E-state index contributed by atoms with van der Waals surface area (Å²) in [6, 6.07) is 3.51. The molecule has 0 heterocycles. The highest BCUT2D eigenvalue weighted by Gasteiger charge is 2.06. The van der Waals surface area contributed by atoms with Gasteiger partial charge in [0, 0.05) is 12.8 Å². The average molecular weight is 210 g/mol. The Morgan fingerprint density at radius 2 is 2.07 bits per heavy atom. The van der Waals surface area contributed by atoms with Crippen LogP contribution in [-0.4, -0.2) is 5.78 Å². The van der Waals surface area contributed by atoms with Gasteiger partial charge in [-0.1, -0.05) is 12.1 Å². The minimum atomic E-state index is -0.913. The number of carbonyl (C=O) groups is 1. The van der Waals surface area contributed by atoms with Crippen LogP contribution in [0.15, 0.2) is 30.9 Å². The van der Waals surface area contributed by atoms with Crippen molar-refractivity contribution >= 4 is 5.78 Å². The van der Waals surface area contributed by atoms with Gasteiger partial charge in [0.05, 0.1) is 0 Å². The molecule has 3 heteroatoms. The topological polar surface area (TPSA) is 17.1 Å². The van der Waals surface area contributed by atoms with E-state index in [-0.39, 0.29) is 12.2 Å². The van der Waals surface area contributed by atoms with Crippen molar-refractivity contribution in [3.8, 4) is 0 Å². The van der Waals surface area contributed by atoms with Crippen molar-refractivity contribution in [3.63, 3.8) is 0 Å². The van der Waals surface area contributed by atoms with Gasteiger partial charge in [0.25, 0.3) is 0 Å². The van der Waals surface area contributed by atoms with Crippen molar-refractivity contribution in [3.05, 3.63) is 48.1 Å². The number of hydrogen-bond acceptors (Lipinski definition) is 1. The van der Waals surface area contributed by atoms with E-state index in [4.69, 9.17) is 0 Å². The van der Waals surface area contributed by atoms with Gasteiger partial charge in [-0.3, -0.25) is 4.79 Å². The molecule has 1 aromatic carbocycles. The molecule has 0 amide bonds. The lowest BCUT2D eigenvalue weighted by Crippen LogP contribution is -2.02. The molecule has 1 aromatic rings. The van der Waals surface area contributed by atoms with Gasteiger partial charge in [-0.25, -0.2) is 8.78 Å². The van der Waals surface area contributed by atoms with Gasteiger partial charge in [-0.05, 0) is 24.1 Å². The zero-order valence-corrected chi connectivity index (χ0v) is 8.30. The highest BCUT2D eigenvalue weighted by Crippen LogP contribution is 2.10. The van der Waals surface area contributed by atoms with E-state index in [0.29, 0.717) is 18.4 Å². The molecule has 15 heavy (non-hydrogen) atoms. The minimum Gasteiger partial charge on any atom is -0.299 e. The van der Waals surface area contributed by atoms with Crippen LogP contribution < -0.4 is 0 Å². The molecule has 0 bridgehead atoms. The standard InChI is InChI=1S/C12H12F2O/c1-2-3-4-10(15)7-9-5-6-11(13)12(14)8-9/h2,5-6,8H,1,3-4,7H2. The van der Waals surface area contributed by atoms with E-state index in [9.17, 15) is 13.6 Å². The van der Waals surface area contributed by atoms with Crippen molar-refractivity contribution in [1.29, 1.82) is 0 Å². The van der Waals surface area contributed by atoms with Crippen LogP contribution >= 0.6 is 0 Å². The van der Waals surface area contributed by atoms with Crippen molar-refractivity contribution in [2.75, 3.05) is 0 Å². The third kappa shape index (κ3) is 3.62. The second-order valence-electron chi connectivity index (χ2n) is 3.29. The first-order valence-electron chi connectivity index (χ1n) is 4.70. The van der Waals surface area contributed by atoms with Gasteiger partial charge in [0.2, 0.25) is 0 Å². The Bertz CT molecular complexity index is 372. The number of Topliss-reactive ketones (excluding diaryl/α,β-unsaturated/α-hetero) is 1. The maximum atomic E-state index is 12.8. The SMILES string of the molecule is C=CCCC(=O)Cc1ccc(F)c(F)c1. The molecule has 0 saturated carbocycles. The summed E-state index contributed by atoms with van der Waals surface area (Å²) in [5, 5.41) is 0. The fraction of sp³-hybridized carbons (Fsp3) is 0.250. The quantitative estimate of drug-likeness (QED) is 0.682. The van der Waals surface area contributed by atoms with Crippen LogP contribution in [-0.2, 0) is 11.2 Å². The average Bonchev–Trinajstić information content (AvgIpc) is 2.20. The van der Waals surface area contributed by atoms with Gasteiger partial charge in [0.15, 0.2) is 11.6 Å². The number of ketones is 1. The molecule has 0 aliphatic rings. The monoisotopic (exact) mass is 210 g/mol. The van der Waals surface area contributed by atoms with Gasteiger partial charge in [-0.2, -0.15) is 0 Å². The van der Waals surface area contributed by atoms with E-state index >= 15 is 0 Å². The van der Waals surface area contributed by atoms with E-state index < -0.39 is 11.6 Å². The van der Waals surface area contributed by atoms with Crippen molar-refractivity contribution in [1.82, 2.24) is 0 Å². The first-order valence-corrected chi connectivity index (χ1v) is 4.70. The Kier molecular flexibility index (Phi) is 4.16. The van der Waals surface area contributed by atoms with E-state index in [2.05, 4.69) is 6.58 Å². The molecule has 0 aliphatic carbocycles. The molecule has 0 spiro atoms. The van der Waals surface area contributed by atoms with Gasteiger partial charge >= 0.3 is 0 Å². The molecule has 0 aromatic heterocycles. The van der Waals surface area contributed by atoms with Crippen LogP contribution in [0.3, 0.4) is 0 Å². The minimum absolute atomic E-state index is 0.000841. The third-order valence-corrected chi connectivity index (χ3v) is 2.01. The van der Waals surface area contributed by atoms with Gasteiger partial charge in [-0.15, -0.1) is 6.58 Å². The maximum Gasteiger partial charge on any atom is 0.159 e. The lowest BCUT2D eigenvalue weighted by molar-refractivity contribution is -0.118. The zero-order chi connectivity index (χ0) is 11.3. The smallest absolute Gasteiger partial charge is 0.159 e. The number of rotatable bonds is 5. The number of hydrogen-bond donors (Lipinski definition) is 0. The fourth-order valence-corrected chi connectivity index (χ4v) is 1.23. The maximum absolute atomic E-state index is 12.8. The molecule has 0 N–H and O–H groups in total. The van der Waals surface area contributed by atoms with Crippen LogP contribution in [0.2, 0.25) is 0 Å². The molecule has 80 valence electrons.